The van der Waals surface area contributed by atoms with Crippen LogP contribution in [-0.4, -0.2) is 25.4 Å². The number of allylic oxidation sites excluding steroid dienone is 1. The molecule has 0 amide bonds. The predicted octanol–water partition coefficient (Wildman–Crippen LogP) is 4.20. The molecule has 1 aliphatic heterocycles. The molecule has 1 heterocycles. The number of epoxide rings is 1. The second kappa shape index (κ2) is 5.97. The average molecular weight is 266 g/mol. The Balaban J connectivity index is 2.09. The molecule has 2 fully saturated rings. The molecule has 0 aromatic carbocycles. The zero-order chi connectivity index (χ0) is 14.0. The van der Waals surface area contributed by atoms with Gasteiger partial charge in [0.1, 0.15) is 5.60 Å². The highest BCUT2D eigenvalue weighted by Gasteiger charge is 2.60. The zero-order valence-electron chi connectivity index (χ0n) is 13.2. The summed E-state index contributed by atoms with van der Waals surface area (Å²) in [5, 5.41) is 0. The van der Waals surface area contributed by atoms with Gasteiger partial charge in [0.25, 0.3) is 0 Å². The summed E-state index contributed by atoms with van der Waals surface area (Å²) in [7, 11) is 1.85. The van der Waals surface area contributed by atoms with Crippen molar-refractivity contribution in [1.29, 1.82) is 0 Å². The number of hydrogen-bond donors (Lipinski definition) is 0. The van der Waals surface area contributed by atoms with Gasteiger partial charge in [-0.2, -0.15) is 0 Å². The summed E-state index contributed by atoms with van der Waals surface area (Å²) in [5.41, 5.74) is 1.58. The molecule has 2 nitrogen and oxygen atoms in total. The Hall–Kier alpha value is -0.340. The highest BCUT2D eigenvalue weighted by atomic mass is 16.6. The number of methoxy groups -OCH3 is 1. The van der Waals surface area contributed by atoms with Crippen LogP contribution in [0.15, 0.2) is 11.6 Å². The van der Waals surface area contributed by atoms with Crippen molar-refractivity contribution in [3.63, 3.8) is 0 Å². The Bertz CT molecular complexity index is 328. The third-order valence-corrected chi connectivity index (χ3v) is 5.10. The van der Waals surface area contributed by atoms with E-state index in [0.717, 1.165) is 12.5 Å². The molecule has 0 bridgehead atoms. The molecular formula is C17H30O2. The molecule has 0 N–H and O–H groups in total. The summed E-state index contributed by atoms with van der Waals surface area (Å²) in [5.74, 6) is 1.91. The molecule has 4 atom stereocenters. The van der Waals surface area contributed by atoms with Crippen LogP contribution < -0.4 is 0 Å². The van der Waals surface area contributed by atoms with E-state index in [1.54, 1.807) is 0 Å². The summed E-state index contributed by atoms with van der Waals surface area (Å²) < 4.78 is 11.7. The van der Waals surface area contributed by atoms with E-state index in [-0.39, 0.29) is 5.60 Å². The van der Waals surface area contributed by atoms with Crippen molar-refractivity contribution in [2.24, 2.45) is 17.8 Å². The first-order chi connectivity index (χ1) is 9.01. The SMILES string of the molecule is CO[C@H]1CC[C@@H](C)[C@]2(CO2)[C@H]1C(C)=CCCC(C)C. The topological polar surface area (TPSA) is 21.8 Å². The molecule has 2 rings (SSSR count). The molecule has 1 saturated heterocycles. The van der Waals surface area contributed by atoms with Crippen LogP contribution in [0.5, 0.6) is 0 Å². The molecule has 0 radical (unpaired) electrons. The third kappa shape index (κ3) is 3.05. The monoisotopic (exact) mass is 266 g/mol. The Morgan fingerprint density at radius 1 is 1.42 bits per heavy atom. The van der Waals surface area contributed by atoms with Crippen molar-refractivity contribution >= 4 is 0 Å². The first-order valence-corrected chi connectivity index (χ1v) is 7.84. The van der Waals surface area contributed by atoms with Crippen LogP contribution in [0.3, 0.4) is 0 Å². The van der Waals surface area contributed by atoms with E-state index in [0.29, 0.717) is 17.9 Å². The number of hydrogen-bond acceptors (Lipinski definition) is 2. The van der Waals surface area contributed by atoms with Crippen molar-refractivity contribution in [3.8, 4) is 0 Å². The minimum Gasteiger partial charge on any atom is -0.381 e. The van der Waals surface area contributed by atoms with Gasteiger partial charge in [0.15, 0.2) is 0 Å². The van der Waals surface area contributed by atoms with Gasteiger partial charge in [-0.3, -0.25) is 0 Å². The van der Waals surface area contributed by atoms with Gasteiger partial charge < -0.3 is 9.47 Å². The van der Waals surface area contributed by atoms with E-state index < -0.39 is 0 Å². The summed E-state index contributed by atoms with van der Waals surface area (Å²) in [6.45, 7) is 10.1. The molecule has 0 aromatic rings. The van der Waals surface area contributed by atoms with Crippen LogP contribution in [0.2, 0.25) is 0 Å². The summed E-state index contributed by atoms with van der Waals surface area (Å²) in [6.07, 6.45) is 7.62. The standard InChI is InChI=1S/C17H30O2/c1-12(2)7-6-8-13(3)16-15(18-5)10-9-14(4)17(16)11-19-17/h8,12,14-16H,6-7,9-11H2,1-5H3/t14-,15+,16+,17-/m1/s1. The van der Waals surface area contributed by atoms with Gasteiger partial charge in [-0.25, -0.2) is 0 Å². The van der Waals surface area contributed by atoms with E-state index in [9.17, 15) is 0 Å². The van der Waals surface area contributed by atoms with Crippen LogP contribution in [-0.2, 0) is 9.47 Å². The molecule has 0 unspecified atom stereocenters. The molecule has 19 heavy (non-hydrogen) atoms. The van der Waals surface area contributed by atoms with Crippen LogP contribution in [0.1, 0.15) is 53.4 Å². The van der Waals surface area contributed by atoms with Crippen LogP contribution >= 0.6 is 0 Å². The first kappa shape index (κ1) is 15.1. The average Bonchev–Trinajstić information content (AvgIpc) is 3.13. The minimum absolute atomic E-state index is 0.0946. The lowest BCUT2D eigenvalue weighted by Gasteiger charge is -2.40. The largest absolute Gasteiger partial charge is 0.381 e. The predicted molar refractivity (Wildman–Crippen MR) is 79.2 cm³/mol. The maximum absolute atomic E-state index is 5.92. The van der Waals surface area contributed by atoms with Crippen LogP contribution in [0.25, 0.3) is 0 Å². The van der Waals surface area contributed by atoms with E-state index in [1.807, 2.05) is 7.11 Å². The number of rotatable bonds is 5. The molecule has 1 aliphatic carbocycles. The zero-order valence-corrected chi connectivity index (χ0v) is 13.2. The summed E-state index contributed by atoms with van der Waals surface area (Å²) >= 11 is 0. The van der Waals surface area contributed by atoms with Crippen LogP contribution in [0.4, 0.5) is 0 Å². The lowest BCUT2D eigenvalue weighted by molar-refractivity contribution is -0.0236. The molecule has 1 spiro atoms. The Labute approximate surface area is 118 Å². The van der Waals surface area contributed by atoms with E-state index in [4.69, 9.17) is 9.47 Å². The minimum atomic E-state index is 0.0946. The Morgan fingerprint density at radius 2 is 2.11 bits per heavy atom. The molecule has 110 valence electrons. The van der Waals surface area contributed by atoms with Crippen LogP contribution in [0, 0.1) is 17.8 Å². The van der Waals surface area contributed by atoms with Gasteiger partial charge >= 0.3 is 0 Å². The molecule has 0 aromatic heterocycles. The van der Waals surface area contributed by atoms with E-state index >= 15 is 0 Å². The normalized spacial score (nSPS) is 39.1. The Kier molecular flexibility index (Phi) is 4.73. The van der Waals surface area contributed by atoms with Gasteiger partial charge in [-0.05, 0) is 44.4 Å². The van der Waals surface area contributed by atoms with Gasteiger partial charge in [-0.15, -0.1) is 0 Å². The summed E-state index contributed by atoms with van der Waals surface area (Å²) in [6, 6.07) is 0. The smallest absolute Gasteiger partial charge is 0.103 e. The van der Waals surface area contributed by atoms with E-state index in [2.05, 4.69) is 33.8 Å². The molecular weight excluding hydrogens is 236 g/mol. The van der Waals surface area contributed by atoms with Crippen molar-refractivity contribution in [3.05, 3.63) is 11.6 Å². The fourth-order valence-electron chi connectivity index (χ4n) is 3.70. The maximum Gasteiger partial charge on any atom is 0.103 e. The van der Waals surface area contributed by atoms with Crippen molar-refractivity contribution in [2.45, 2.75) is 65.1 Å². The second-order valence-electron chi connectivity index (χ2n) is 6.89. The quantitative estimate of drug-likeness (QED) is 0.549. The third-order valence-electron chi connectivity index (χ3n) is 5.10. The molecule has 2 heteroatoms. The summed E-state index contributed by atoms with van der Waals surface area (Å²) in [4.78, 5) is 0. The van der Waals surface area contributed by atoms with Gasteiger partial charge in [0.2, 0.25) is 0 Å². The van der Waals surface area contributed by atoms with Crippen molar-refractivity contribution < 1.29 is 9.47 Å². The highest BCUT2D eigenvalue weighted by Crippen LogP contribution is 2.53. The maximum atomic E-state index is 5.92. The fraction of sp³-hybridized carbons (Fsp3) is 0.882. The van der Waals surface area contributed by atoms with Gasteiger partial charge in [0, 0.05) is 13.0 Å². The fourth-order valence-corrected chi connectivity index (χ4v) is 3.70. The lowest BCUT2D eigenvalue weighted by Crippen LogP contribution is -2.45. The highest BCUT2D eigenvalue weighted by molar-refractivity contribution is 5.20. The van der Waals surface area contributed by atoms with Gasteiger partial charge in [0.05, 0.1) is 12.7 Å². The van der Waals surface area contributed by atoms with Gasteiger partial charge in [-0.1, -0.05) is 32.4 Å². The van der Waals surface area contributed by atoms with Crippen molar-refractivity contribution in [1.82, 2.24) is 0 Å². The van der Waals surface area contributed by atoms with E-state index in [1.165, 1.54) is 31.3 Å². The first-order valence-electron chi connectivity index (χ1n) is 7.84. The number of ether oxygens (including phenoxy) is 2. The second-order valence-corrected chi connectivity index (χ2v) is 6.89. The lowest BCUT2D eigenvalue weighted by atomic mass is 9.68. The molecule has 1 saturated carbocycles. The Morgan fingerprint density at radius 3 is 2.63 bits per heavy atom. The molecule has 2 aliphatic rings. The van der Waals surface area contributed by atoms with Crippen molar-refractivity contribution in [2.75, 3.05) is 13.7 Å².